The molecular formula is C26H28N2O3. The van der Waals surface area contributed by atoms with Crippen LogP contribution in [0, 0.1) is 6.92 Å². The molecule has 0 aliphatic rings. The number of rotatable bonds is 8. The number of nitrogens with one attached hydrogen (secondary N) is 2. The smallest absolute Gasteiger partial charge is 0.410 e. The van der Waals surface area contributed by atoms with Crippen molar-refractivity contribution in [2.24, 2.45) is 0 Å². The minimum absolute atomic E-state index is 0.0942. The molecule has 31 heavy (non-hydrogen) atoms. The number of ether oxygens (including phenoxy) is 1. The van der Waals surface area contributed by atoms with Crippen LogP contribution in [0.2, 0.25) is 0 Å². The van der Waals surface area contributed by atoms with Crippen molar-refractivity contribution in [2.45, 2.75) is 26.2 Å². The van der Waals surface area contributed by atoms with Crippen LogP contribution in [-0.2, 0) is 6.42 Å². The van der Waals surface area contributed by atoms with E-state index < -0.39 is 6.09 Å². The van der Waals surface area contributed by atoms with Gasteiger partial charge in [-0.15, -0.1) is 0 Å². The van der Waals surface area contributed by atoms with Crippen LogP contribution in [0.25, 0.3) is 11.1 Å². The molecule has 0 bridgehead atoms. The van der Waals surface area contributed by atoms with Gasteiger partial charge in [0.2, 0.25) is 0 Å². The molecule has 0 aliphatic carbocycles. The van der Waals surface area contributed by atoms with E-state index in [4.69, 9.17) is 4.74 Å². The molecule has 160 valence electrons. The Labute approximate surface area is 183 Å². The highest BCUT2D eigenvalue weighted by Crippen LogP contribution is 2.29. The van der Waals surface area contributed by atoms with E-state index in [1.807, 2.05) is 42.5 Å². The highest BCUT2D eigenvalue weighted by Gasteiger charge is 2.14. The zero-order valence-corrected chi connectivity index (χ0v) is 18.0. The molecule has 2 amide bonds. The zero-order valence-electron chi connectivity index (χ0n) is 18.0. The summed E-state index contributed by atoms with van der Waals surface area (Å²) in [6, 6.07) is 23.0. The summed E-state index contributed by atoms with van der Waals surface area (Å²) in [5.41, 5.74) is 5.05. The number of unbranched alkanes of at least 4 members (excludes halogenated alkanes) is 1. The topological polar surface area (TPSA) is 67.4 Å². The summed E-state index contributed by atoms with van der Waals surface area (Å²) in [4.78, 5) is 24.2. The molecule has 3 rings (SSSR count). The molecule has 2 N–H and O–H groups in total. The van der Waals surface area contributed by atoms with Crippen LogP contribution < -0.4 is 15.4 Å². The molecule has 0 saturated carbocycles. The number of carbonyl (C=O) groups excluding carboxylic acids is 2. The highest BCUT2D eigenvalue weighted by atomic mass is 16.6. The molecule has 0 unspecified atom stereocenters. The molecular weight excluding hydrogens is 388 g/mol. The largest absolute Gasteiger partial charge is 0.412 e. The van der Waals surface area contributed by atoms with Gasteiger partial charge in [-0.05, 0) is 61.1 Å². The summed E-state index contributed by atoms with van der Waals surface area (Å²) >= 11 is 0. The van der Waals surface area contributed by atoms with Crippen LogP contribution in [0.5, 0.6) is 5.75 Å². The van der Waals surface area contributed by atoms with Crippen LogP contribution >= 0.6 is 0 Å². The van der Waals surface area contributed by atoms with Gasteiger partial charge >= 0.3 is 6.09 Å². The van der Waals surface area contributed by atoms with Gasteiger partial charge in [0.05, 0.1) is 0 Å². The van der Waals surface area contributed by atoms with Crippen LogP contribution in [0.1, 0.15) is 34.3 Å². The van der Waals surface area contributed by atoms with Crippen molar-refractivity contribution in [1.82, 2.24) is 10.6 Å². The minimum Gasteiger partial charge on any atom is -0.410 e. The van der Waals surface area contributed by atoms with Gasteiger partial charge in [0.1, 0.15) is 5.75 Å². The van der Waals surface area contributed by atoms with Gasteiger partial charge in [0, 0.05) is 19.2 Å². The van der Waals surface area contributed by atoms with Gasteiger partial charge < -0.3 is 15.4 Å². The Morgan fingerprint density at radius 1 is 0.871 bits per heavy atom. The summed E-state index contributed by atoms with van der Waals surface area (Å²) in [5, 5.41) is 5.51. The van der Waals surface area contributed by atoms with E-state index in [-0.39, 0.29) is 5.91 Å². The quantitative estimate of drug-likeness (QED) is 0.500. The molecule has 0 atom stereocenters. The van der Waals surface area contributed by atoms with E-state index in [1.54, 1.807) is 19.2 Å². The van der Waals surface area contributed by atoms with Crippen molar-refractivity contribution in [3.8, 4) is 16.9 Å². The summed E-state index contributed by atoms with van der Waals surface area (Å²) in [6.45, 7) is 2.61. The Morgan fingerprint density at radius 2 is 1.61 bits per heavy atom. The lowest BCUT2D eigenvalue weighted by Gasteiger charge is -2.14. The van der Waals surface area contributed by atoms with E-state index in [0.717, 1.165) is 30.4 Å². The van der Waals surface area contributed by atoms with E-state index in [1.165, 1.54) is 11.1 Å². The van der Waals surface area contributed by atoms with Crippen molar-refractivity contribution in [3.05, 3.63) is 89.5 Å². The average molecular weight is 417 g/mol. The molecule has 3 aromatic rings. The minimum atomic E-state index is -0.443. The van der Waals surface area contributed by atoms with Crippen molar-refractivity contribution in [3.63, 3.8) is 0 Å². The van der Waals surface area contributed by atoms with Crippen LogP contribution in [0.3, 0.4) is 0 Å². The Balaban J connectivity index is 1.60. The van der Waals surface area contributed by atoms with Crippen LogP contribution in [0.15, 0.2) is 72.8 Å². The molecule has 0 fully saturated rings. The second-order valence-electron chi connectivity index (χ2n) is 7.37. The van der Waals surface area contributed by atoms with E-state index in [0.29, 0.717) is 17.9 Å². The van der Waals surface area contributed by atoms with Crippen LogP contribution in [-0.4, -0.2) is 25.6 Å². The number of amides is 2. The third-order valence-corrected chi connectivity index (χ3v) is 5.05. The molecule has 0 saturated heterocycles. The molecule has 5 nitrogen and oxygen atoms in total. The van der Waals surface area contributed by atoms with Gasteiger partial charge in [0.25, 0.3) is 5.91 Å². The highest BCUT2D eigenvalue weighted by molar-refractivity contribution is 6.01. The first kappa shape index (κ1) is 22.1. The fourth-order valence-electron chi connectivity index (χ4n) is 3.51. The Bertz CT molecular complexity index is 1030. The molecule has 0 aromatic heterocycles. The number of benzene rings is 3. The first-order valence-electron chi connectivity index (χ1n) is 10.5. The predicted octanol–water partition coefficient (Wildman–Crippen LogP) is 5.13. The summed E-state index contributed by atoms with van der Waals surface area (Å²) < 4.78 is 5.23. The van der Waals surface area contributed by atoms with E-state index >= 15 is 0 Å². The fourth-order valence-corrected chi connectivity index (χ4v) is 3.51. The van der Waals surface area contributed by atoms with Crippen molar-refractivity contribution >= 4 is 12.0 Å². The summed E-state index contributed by atoms with van der Waals surface area (Å²) in [5.74, 6) is 0.433. The molecule has 0 spiro atoms. The second kappa shape index (κ2) is 11.0. The van der Waals surface area contributed by atoms with Crippen molar-refractivity contribution in [1.29, 1.82) is 0 Å². The number of carbonyl (C=O) groups is 2. The first-order valence-corrected chi connectivity index (χ1v) is 10.5. The maximum Gasteiger partial charge on any atom is 0.412 e. The number of hydrogen-bond donors (Lipinski definition) is 2. The lowest BCUT2D eigenvalue weighted by molar-refractivity contribution is 0.0963. The molecule has 0 aliphatic heterocycles. The van der Waals surface area contributed by atoms with Crippen molar-refractivity contribution in [2.75, 3.05) is 13.6 Å². The molecule has 0 radical (unpaired) electrons. The Hall–Kier alpha value is -3.60. The number of hydrogen-bond acceptors (Lipinski definition) is 3. The zero-order chi connectivity index (χ0) is 22.1. The van der Waals surface area contributed by atoms with E-state index in [9.17, 15) is 9.59 Å². The number of aryl methyl sites for hydroxylation is 2. The molecule has 0 heterocycles. The maximum absolute atomic E-state index is 12.3. The standard InChI is InChI=1S/C26H28N2O3/c1-19-15-16-22(23-13-6-7-14-24(23)25(29)27-2)20(18-19)10-8-9-17-28-26(30)31-21-11-4-3-5-12-21/h3-7,11-16,18H,8-10,17H2,1-2H3,(H,27,29)(H,28,30). The molecule has 5 heteroatoms. The third-order valence-electron chi connectivity index (χ3n) is 5.05. The number of para-hydroxylation sites is 1. The van der Waals surface area contributed by atoms with Gasteiger partial charge in [-0.1, -0.05) is 60.2 Å². The van der Waals surface area contributed by atoms with Gasteiger partial charge in [-0.25, -0.2) is 4.79 Å². The van der Waals surface area contributed by atoms with Crippen LogP contribution in [0.4, 0.5) is 4.79 Å². The SMILES string of the molecule is CNC(=O)c1ccccc1-c1ccc(C)cc1CCCCNC(=O)Oc1ccccc1. The van der Waals surface area contributed by atoms with Crippen molar-refractivity contribution < 1.29 is 14.3 Å². The van der Waals surface area contributed by atoms with Gasteiger partial charge in [0.15, 0.2) is 0 Å². The third kappa shape index (κ3) is 6.19. The Kier molecular flexibility index (Phi) is 7.82. The summed E-state index contributed by atoms with van der Waals surface area (Å²) in [7, 11) is 1.64. The fraction of sp³-hybridized carbons (Fsp3) is 0.231. The monoisotopic (exact) mass is 416 g/mol. The van der Waals surface area contributed by atoms with Gasteiger partial charge in [-0.3, -0.25) is 4.79 Å². The first-order chi connectivity index (χ1) is 15.1. The summed E-state index contributed by atoms with van der Waals surface area (Å²) in [6.07, 6.45) is 2.15. The second-order valence-corrected chi connectivity index (χ2v) is 7.37. The normalized spacial score (nSPS) is 10.4. The lowest BCUT2D eigenvalue weighted by Crippen LogP contribution is -2.27. The van der Waals surface area contributed by atoms with E-state index in [2.05, 4.69) is 35.8 Å². The molecule has 3 aromatic carbocycles. The average Bonchev–Trinajstić information content (AvgIpc) is 2.79. The maximum atomic E-state index is 12.3. The van der Waals surface area contributed by atoms with Gasteiger partial charge in [-0.2, -0.15) is 0 Å². The Morgan fingerprint density at radius 3 is 2.39 bits per heavy atom. The predicted molar refractivity (Wildman–Crippen MR) is 123 cm³/mol. The lowest BCUT2D eigenvalue weighted by atomic mass is 9.91.